The minimum absolute atomic E-state index is 0.0270. The summed E-state index contributed by atoms with van der Waals surface area (Å²) in [6.45, 7) is 2.06. The molecule has 0 atom stereocenters. The van der Waals surface area contributed by atoms with Crippen molar-refractivity contribution in [1.82, 2.24) is 0 Å². The van der Waals surface area contributed by atoms with Gasteiger partial charge in [-0.05, 0) is 30.7 Å². The van der Waals surface area contributed by atoms with Gasteiger partial charge in [-0.25, -0.2) is 13.2 Å². The largest absolute Gasteiger partial charge is 0.457 e. The Morgan fingerprint density at radius 3 is 2.36 bits per heavy atom. The molecule has 0 fully saturated rings. The maximum Gasteiger partial charge on any atom is 0.340 e. The van der Waals surface area contributed by atoms with Crippen LogP contribution in [0.15, 0.2) is 47.4 Å². The van der Waals surface area contributed by atoms with Gasteiger partial charge in [-0.1, -0.05) is 41.4 Å². The second-order valence-corrected chi connectivity index (χ2v) is 7.40. The summed E-state index contributed by atoms with van der Waals surface area (Å²) in [5.41, 5.74) is 1.99. The van der Waals surface area contributed by atoms with E-state index in [0.717, 1.165) is 17.4 Å². The molecule has 0 saturated heterocycles. The lowest BCUT2D eigenvalue weighted by Gasteiger charge is -2.08. The van der Waals surface area contributed by atoms with Crippen LogP contribution in [0.25, 0.3) is 0 Å². The molecule has 0 heterocycles. The third kappa shape index (κ3) is 4.08. The number of esters is 1. The van der Waals surface area contributed by atoms with Gasteiger partial charge in [-0.15, -0.1) is 0 Å². The van der Waals surface area contributed by atoms with Crippen molar-refractivity contribution in [2.24, 2.45) is 0 Å². The summed E-state index contributed by atoms with van der Waals surface area (Å²) in [4.78, 5) is 12.1. The number of sulfone groups is 1. The molecule has 0 amide bonds. The minimum atomic E-state index is -3.41. The van der Waals surface area contributed by atoms with Crippen molar-refractivity contribution < 1.29 is 17.9 Å². The summed E-state index contributed by atoms with van der Waals surface area (Å²) >= 11 is 5.95. The Morgan fingerprint density at radius 2 is 1.77 bits per heavy atom. The van der Waals surface area contributed by atoms with Crippen LogP contribution >= 0.6 is 11.6 Å². The molecule has 4 nitrogen and oxygen atoms in total. The van der Waals surface area contributed by atoms with E-state index in [0.29, 0.717) is 0 Å². The number of ether oxygens (including phenoxy) is 1. The monoisotopic (exact) mass is 338 g/mol. The molecular formula is C16H15ClO4S. The quantitative estimate of drug-likeness (QED) is 0.801. The van der Waals surface area contributed by atoms with Gasteiger partial charge in [-0.3, -0.25) is 0 Å². The van der Waals surface area contributed by atoms with E-state index in [2.05, 4.69) is 0 Å². The van der Waals surface area contributed by atoms with Crippen LogP contribution in [0.4, 0.5) is 0 Å². The van der Waals surface area contributed by atoms with Crippen molar-refractivity contribution in [3.05, 3.63) is 64.2 Å². The van der Waals surface area contributed by atoms with Gasteiger partial charge < -0.3 is 4.74 Å². The number of benzene rings is 2. The summed E-state index contributed by atoms with van der Waals surface area (Å²) in [6.07, 6.45) is 1.07. The number of aryl methyl sites for hydroxylation is 1. The zero-order valence-electron chi connectivity index (χ0n) is 12.2. The van der Waals surface area contributed by atoms with E-state index in [1.54, 1.807) is 0 Å². The molecule has 0 spiro atoms. The van der Waals surface area contributed by atoms with Gasteiger partial charge in [0.1, 0.15) is 6.61 Å². The first-order chi connectivity index (χ1) is 10.3. The third-order valence-electron chi connectivity index (χ3n) is 3.08. The molecule has 0 N–H and O–H groups in total. The smallest absolute Gasteiger partial charge is 0.340 e. The highest BCUT2D eigenvalue weighted by molar-refractivity contribution is 7.90. The fraction of sp³-hybridized carbons (Fsp3) is 0.188. The van der Waals surface area contributed by atoms with Crippen molar-refractivity contribution >= 4 is 27.4 Å². The molecule has 2 aromatic carbocycles. The number of carbonyl (C=O) groups is 1. The number of hydrogen-bond donors (Lipinski definition) is 0. The molecule has 22 heavy (non-hydrogen) atoms. The van der Waals surface area contributed by atoms with E-state index in [9.17, 15) is 13.2 Å². The molecule has 0 radical (unpaired) electrons. The Balaban J connectivity index is 2.17. The van der Waals surface area contributed by atoms with Gasteiger partial charge in [0.15, 0.2) is 9.84 Å². The zero-order chi connectivity index (χ0) is 16.3. The van der Waals surface area contributed by atoms with Crippen molar-refractivity contribution in [2.75, 3.05) is 6.26 Å². The Labute approximate surface area is 134 Å². The van der Waals surface area contributed by atoms with E-state index in [1.165, 1.54) is 18.2 Å². The molecule has 0 saturated carbocycles. The molecule has 6 heteroatoms. The van der Waals surface area contributed by atoms with Crippen LogP contribution in [0.5, 0.6) is 0 Å². The third-order valence-corrected chi connectivity index (χ3v) is 4.52. The van der Waals surface area contributed by atoms with Crippen molar-refractivity contribution in [3.63, 3.8) is 0 Å². The highest BCUT2D eigenvalue weighted by Gasteiger charge is 2.16. The van der Waals surface area contributed by atoms with Gasteiger partial charge in [-0.2, -0.15) is 0 Å². The maximum absolute atomic E-state index is 12.1. The van der Waals surface area contributed by atoms with Crippen molar-refractivity contribution in [3.8, 4) is 0 Å². The first-order valence-electron chi connectivity index (χ1n) is 6.49. The predicted octanol–water partition coefficient (Wildman–Crippen LogP) is 3.41. The SMILES string of the molecule is Cc1ccc(COC(=O)c2cc(S(C)(=O)=O)ccc2Cl)cc1. The maximum atomic E-state index is 12.1. The number of rotatable bonds is 4. The summed E-state index contributed by atoms with van der Waals surface area (Å²) < 4.78 is 28.3. The summed E-state index contributed by atoms with van der Waals surface area (Å²) in [6, 6.07) is 11.5. The standard InChI is InChI=1S/C16H15ClO4S/c1-11-3-5-12(6-4-11)10-21-16(18)14-9-13(22(2,19)20)7-8-15(14)17/h3-9H,10H2,1-2H3. The average molecular weight is 339 g/mol. The zero-order valence-corrected chi connectivity index (χ0v) is 13.7. The number of halogens is 1. The average Bonchev–Trinajstić information content (AvgIpc) is 2.45. The Kier molecular flexibility index (Phi) is 4.88. The first kappa shape index (κ1) is 16.5. The van der Waals surface area contributed by atoms with Gasteiger partial charge in [0.2, 0.25) is 0 Å². The topological polar surface area (TPSA) is 60.4 Å². The lowest BCUT2D eigenvalue weighted by atomic mass is 10.2. The number of carbonyl (C=O) groups excluding carboxylic acids is 1. The van der Waals surface area contributed by atoms with Gasteiger partial charge >= 0.3 is 5.97 Å². The normalized spacial score (nSPS) is 11.2. The molecule has 0 aliphatic carbocycles. The van der Waals surface area contributed by atoms with Crippen LogP contribution in [0.1, 0.15) is 21.5 Å². The van der Waals surface area contributed by atoms with Crippen LogP contribution in [-0.2, 0) is 21.2 Å². The van der Waals surface area contributed by atoms with Crippen LogP contribution in [0, 0.1) is 6.92 Å². The van der Waals surface area contributed by atoms with Gasteiger partial charge in [0.25, 0.3) is 0 Å². The van der Waals surface area contributed by atoms with Crippen molar-refractivity contribution in [1.29, 1.82) is 0 Å². The van der Waals surface area contributed by atoms with Crippen LogP contribution < -0.4 is 0 Å². The van der Waals surface area contributed by atoms with Crippen LogP contribution in [-0.4, -0.2) is 20.6 Å². The second kappa shape index (κ2) is 6.50. The van der Waals surface area contributed by atoms with Crippen LogP contribution in [0.2, 0.25) is 5.02 Å². The number of hydrogen-bond acceptors (Lipinski definition) is 4. The predicted molar refractivity (Wildman–Crippen MR) is 84.9 cm³/mol. The Bertz CT molecular complexity index is 795. The molecule has 2 rings (SSSR count). The fourth-order valence-corrected chi connectivity index (χ4v) is 2.64. The van der Waals surface area contributed by atoms with E-state index < -0.39 is 15.8 Å². The summed E-state index contributed by atoms with van der Waals surface area (Å²) in [7, 11) is -3.41. The highest BCUT2D eigenvalue weighted by atomic mass is 35.5. The van der Waals surface area contributed by atoms with E-state index >= 15 is 0 Å². The Morgan fingerprint density at radius 1 is 1.14 bits per heavy atom. The first-order valence-corrected chi connectivity index (χ1v) is 8.76. The molecule has 0 aliphatic rings. The molecule has 0 bridgehead atoms. The molecule has 116 valence electrons. The molecule has 2 aromatic rings. The van der Waals surface area contributed by atoms with E-state index in [-0.39, 0.29) is 22.1 Å². The van der Waals surface area contributed by atoms with Crippen LogP contribution in [0.3, 0.4) is 0 Å². The van der Waals surface area contributed by atoms with Crippen molar-refractivity contribution in [2.45, 2.75) is 18.4 Å². The van der Waals surface area contributed by atoms with Gasteiger partial charge in [0.05, 0.1) is 15.5 Å². The summed E-state index contributed by atoms with van der Waals surface area (Å²) in [5, 5.41) is 0.154. The van der Waals surface area contributed by atoms with E-state index in [1.807, 2.05) is 31.2 Å². The fourth-order valence-electron chi connectivity index (χ4n) is 1.80. The highest BCUT2D eigenvalue weighted by Crippen LogP contribution is 2.22. The lowest BCUT2D eigenvalue weighted by Crippen LogP contribution is -2.08. The van der Waals surface area contributed by atoms with E-state index in [4.69, 9.17) is 16.3 Å². The second-order valence-electron chi connectivity index (χ2n) is 4.98. The molecule has 0 unspecified atom stereocenters. The van der Waals surface area contributed by atoms with Gasteiger partial charge in [0, 0.05) is 6.26 Å². The minimum Gasteiger partial charge on any atom is -0.457 e. The molecular weight excluding hydrogens is 324 g/mol. The molecule has 0 aromatic heterocycles. The Hall–Kier alpha value is -1.85. The lowest BCUT2D eigenvalue weighted by molar-refractivity contribution is 0.0472. The molecule has 0 aliphatic heterocycles. The summed E-state index contributed by atoms with van der Waals surface area (Å²) in [5.74, 6) is -0.656.